The maximum atomic E-state index is 12.2. The lowest BCUT2D eigenvalue weighted by Gasteiger charge is -2.19. The predicted molar refractivity (Wildman–Crippen MR) is 76.4 cm³/mol. The van der Waals surface area contributed by atoms with Gasteiger partial charge in [-0.2, -0.15) is 0 Å². The van der Waals surface area contributed by atoms with Crippen molar-refractivity contribution in [1.82, 2.24) is 4.72 Å². The summed E-state index contributed by atoms with van der Waals surface area (Å²) in [5.41, 5.74) is 1.06. The molecule has 1 fully saturated rings. The fourth-order valence-corrected chi connectivity index (χ4v) is 4.48. The van der Waals surface area contributed by atoms with Crippen LogP contribution in [0.3, 0.4) is 0 Å². The second kappa shape index (κ2) is 5.72. The van der Waals surface area contributed by atoms with Gasteiger partial charge in [0.25, 0.3) is 0 Å². The van der Waals surface area contributed by atoms with Gasteiger partial charge in [-0.25, -0.2) is 13.1 Å². The first kappa shape index (κ1) is 14.0. The first-order chi connectivity index (χ1) is 8.53. The summed E-state index contributed by atoms with van der Waals surface area (Å²) in [5, 5.41) is 0.855. The Morgan fingerprint density at radius 2 is 1.94 bits per heavy atom. The van der Waals surface area contributed by atoms with Gasteiger partial charge in [-0.1, -0.05) is 40.0 Å². The minimum absolute atomic E-state index is 0.0654. The average Bonchev–Trinajstić information content (AvgIpc) is 2.76. The van der Waals surface area contributed by atoms with Crippen molar-refractivity contribution in [3.63, 3.8) is 0 Å². The summed E-state index contributed by atoms with van der Waals surface area (Å²) in [6.07, 6.45) is 3.12. The lowest BCUT2D eigenvalue weighted by Crippen LogP contribution is -2.37. The maximum Gasteiger partial charge on any atom is 0.240 e. The molecule has 0 heterocycles. The Balaban J connectivity index is 2.14. The molecule has 100 valence electrons. The summed E-state index contributed by atoms with van der Waals surface area (Å²) in [7, 11) is -3.37. The first-order valence-electron chi connectivity index (χ1n) is 6.18. The normalized spacial score (nSPS) is 24.3. The second-order valence-corrected chi connectivity index (χ2v) is 7.25. The molecule has 1 aromatic rings. The average molecular weight is 332 g/mol. The highest BCUT2D eigenvalue weighted by Crippen LogP contribution is 2.28. The number of hydrogen-bond donors (Lipinski definition) is 1. The minimum Gasteiger partial charge on any atom is -0.208 e. The molecule has 0 saturated heterocycles. The van der Waals surface area contributed by atoms with Crippen molar-refractivity contribution in [2.24, 2.45) is 5.92 Å². The number of nitrogens with one attached hydrogen (secondary N) is 1. The van der Waals surface area contributed by atoms with Gasteiger partial charge in [0.1, 0.15) is 0 Å². The number of aryl methyl sites for hydroxylation is 1. The Morgan fingerprint density at radius 1 is 1.28 bits per heavy atom. The van der Waals surface area contributed by atoms with Crippen molar-refractivity contribution in [2.45, 2.75) is 37.1 Å². The van der Waals surface area contributed by atoms with E-state index >= 15 is 0 Å². The molecule has 1 aromatic carbocycles. The third kappa shape index (κ3) is 3.13. The molecule has 1 aliphatic carbocycles. The number of hydrogen-bond acceptors (Lipinski definition) is 2. The molecule has 2 rings (SSSR count). The van der Waals surface area contributed by atoms with Gasteiger partial charge >= 0.3 is 0 Å². The zero-order chi connectivity index (χ0) is 13.2. The monoisotopic (exact) mass is 331 g/mol. The summed E-state index contributed by atoms with van der Waals surface area (Å²) in [4.78, 5) is 0.355. The molecule has 0 amide bonds. The van der Waals surface area contributed by atoms with E-state index < -0.39 is 10.0 Å². The van der Waals surface area contributed by atoms with Crippen molar-refractivity contribution < 1.29 is 8.42 Å². The highest BCUT2D eigenvalue weighted by Gasteiger charge is 2.30. The van der Waals surface area contributed by atoms with Crippen molar-refractivity contribution in [1.29, 1.82) is 0 Å². The quantitative estimate of drug-likeness (QED) is 0.862. The Hall–Kier alpha value is -0.390. The molecule has 0 aliphatic heterocycles. The van der Waals surface area contributed by atoms with Crippen molar-refractivity contribution in [2.75, 3.05) is 5.33 Å². The van der Waals surface area contributed by atoms with Crippen LogP contribution in [-0.2, 0) is 10.0 Å². The van der Waals surface area contributed by atoms with Crippen molar-refractivity contribution >= 4 is 26.0 Å². The standard InChI is InChI=1S/C13H18BrNO2S/c1-10-5-7-12(8-6-10)18(16,17)15-13-4-2-3-11(13)9-14/h5-8,11,13,15H,2-4,9H2,1H3. The third-order valence-corrected chi connectivity index (χ3v) is 5.83. The molecule has 1 saturated carbocycles. The van der Waals surface area contributed by atoms with Crippen LogP contribution in [0.15, 0.2) is 29.2 Å². The molecule has 0 bridgehead atoms. The van der Waals surface area contributed by atoms with E-state index in [9.17, 15) is 8.42 Å². The van der Waals surface area contributed by atoms with E-state index in [1.807, 2.05) is 19.1 Å². The van der Waals surface area contributed by atoms with E-state index in [4.69, 9.17) is 0 Å². The largest absolute Gasteiger partial charge is 0.240 e. The van der Waals surface area contributed by atoms with E-state index in [-0.39, 0.29) is 6.04 Å². The van der Waals surface area contributed by atoms with Crippen LogP contribution in [0.25, 0.3) is 0 Å². The fraction of sp³-hybridized carbons (Fsp3) is 0.538. The summed E-state index contributed by atoms with van der Waals surface area (Å²) in [6.45, 7) is 1.95. The van der Waals surface area contributed by atoms with E-state index in [1.54, 1.807) is 12.1 Å². The van der Waals surface area contributed by atoms with Gasteiger partial charge in [-0.15, -0.1) is 0 Å². The van der Waals surface area contributed by atoms with Gasteiger partial charge in [0.15, 0.2) is 0 Å². The van der Waals surface area contributed by atoms with Crippen LogP contribution in [0.2, 0.25) is 0 Å². The van der Waals surface area contributed by atoms with E-state index in [0.29, 0.717) is 10.8 Å². The maximum absolute atomic E-state index is 12.2. The summed E-state index contributed by atoms with van der Waals surface area (Å²) in [6, 6.07) is 7.04. The van der Waals surface area contributed by atoms with Gasteiger partial charge < -0.3 is 0 Å². The van der Waals surface area contributed by atoms with Crippen LogP contribution in [-0.4, -0.2) is 19.8 Å². The van der Waals surface area contributed by atoms with Gasteiger partial charge in [-0.3, -0.25) is 0 Å². The minimum atomic E-state index is -3.37. The summed E-state index contributed by atoms with van der Waals surface area (Å²) >= 11 is 3.46. The molecule has 0 aromatic heterocycles. The third-order valence-electron chi connectivity index (χ3n) is 3.50. The highest BCUT2D eigenvalue weighted by atomic mass is 79.9. The van der Waals surface area contributed by atoms with Gasteiger partial charge in [0, 0.05) is 11.4 Å². The number of sulfonamides is 1. The topological polar surface area (TPSA) is 46.2 Å². The van der Waals surface area contributed by atoms with E-state index in [1.165, 1.54) is 0 Å². The molecule has 0 radical (unpaired) electrons. The Bertz CT molecular complexity index is 498. The smallest absolute Gasteiger partial charge is 0.208 e. The lowest BCUT2D eigenvalue weighted by molar-refractivity contribution is 0.484. The molecule has 1 aliphatic rings. The SMILES string of the molecule is Cc1ccc(S(=O)(=O)NC2CCCC2CBr)cc1. The number of rotatable bonds is 4. The second-order valence-electron chi connectivity index (χ2n) is 4.89. The van der Waals surface area contributed by atoms with Crippen LogP contribution in [0.4, 0.5) is 0 Å². The highest BCUT2D eigenvalue weighted by molar-refractivity contribution is 9.09. The number of halogens is 1. The van der Waals surface area contributed by atoms with Crippen LogP contribution in [0.1, 0.15) is 24.8 Å². The number of alkyl halides is 1. The van der Waals surface area contributed by atoms with E-state index in [2.05, 4.69) is 20.7 Å². The first-order valence-corrected chi connectivity index (χ1v) is 8.78. The molecule has 5 heteroatoms. The van der Waals surface area contributed by atoms with Crippen LogP contribution < -0.4 is 4.72 Å². The van der Waals surface area contributed by atoms with Gasteiger partial charge in [0.2, 0.25) is 10.0 Å². The van der Waals surface area contributed by atoms with Gasteiger partial charge in [0.05, 0.1) is 4.90 Å². The van der Waals surface area contributed by atoms with E-state index in [0.717, 1.165) is 30.2 Å². The lowest BCUT2D eigenvalue weighted by atomic mass is 10.1. The molecule has 2 unspecified atom stereocenters. The molecule has 0 spiro atoms. The van der Waals surface area contributed by atoms with Crippen LogP contribution in [0.5, 0.6) is 0 Å². The van der Waals surface area contributed by atoms with Crippen LogP contribution in [0, 0.1) is 12.8 Å². The van der Waals surface area contributed by atoms with Crippen molar-refractivity contribution in [3.8, 4) is 0 Å². The zero-order valence-electron chi connectivity index (χ0n) is 10.4. The molecule has 18 heavy (non-hydrogen) atoms. The molecule has 3 nitrogen and oxygen atoms in total. The Labute approximate surface area is 117 Å². The Morgan fingerprint density at radius 3 is 2.56 bits per heavy atom. The summed E-state index contributed by atoms with van der Waals surface area (Å²) < 4.78 is 27.3. The van der Waals surface area contributed by atoms with Crippen LogP contribution >= 0.6 is 15.9 Å². The number of benzene rings is 1. The van der Waals surface area contributed by atoms with Crippen molar-refractivity contribution in [3.05, 3.63) is 29.8 Å². The fourth-order valence-electron chi connectivity index (χ4n) is 2.36. The summed E-state index contributed by atoms with van der Waals surface area (Å²) in [5.74, 6) is 0.408. The Kier molecular flexibility index (Phi) is 4.45. The van der Waals surface area contributed by atoms with Gasteiger partial charge in [-0.05, 0) is 37.8 Å². The molecular weight excluding hydrogens is 314 g/mol. The zero-order valence-corrected chi connectivity index (χ0v) is 12.8. The predicted octanol–water partition coefficient (Wildman–Crippen LogP) is 2.84. The molecular formula is C13H18BrNO2S. The molecule has 1 N–H and O–H groups in total. The molecule has 2 atom stereocenters.